The fourth-order valence-corrected chi connectivity index (χ4v) is 1.44. The van der Waals surface area contributed by atoms with Gasteiger partial charge >= 0.3 is 0 Å². The molecule has 0 unspecified atom stereocenters. The summed E-state index contributed by atoms with van der Waals surface area (Å²) in [6.07, 6.45) is 0.779. The van der Waals surface area contributed by atoms with E-state index in [4.69, 9.17) is 20.8 Å². The Balaban J connectivity index is 4.12. The van der Waals surface area contributed by atoms with Crippen molar-refractivity contribution < 1.29 is 30.5 Å². The second-order valence-electron chi connectivity index (χ2n) is 4.28. The highest BCUT2D eigenvalue weighted by atomic mass is 17.1. The Kier molecular flexibility index (Phi) is 8.56. The van der Waals surface area contributed by atoms with E-state index in [1.54, 1.807) is 0 Å². The molecule has 0 bridgehead atoms. The Hall–Kier alpha value is -0.320. The molecule has 0 aromatic heterocycles. The van der Waals surface area contributed by atoms with Gasteiger partial charge in [-0.25, -0.2) is 9.68 Å². The average molecular weight is 254 g/mol. The number of hydrogen-bond acceptors (Lipinski definition) is 8. The third-order valence-corrected chi connectivity index (χ3v) is 2.28. The van der Waals surface area contributed by atoms with Crippen LogP contribution in [-0.4, -0.2) is 43.8 Å². The van der Waals surface area contributed by atoms with Crippen LogP contribution in [0.4, 0.5) is 0 Å². The lowest BCUT2D eigenvalue weighted by atomic mass is 10.0. The normalized spacial score (nSPS) is 15.9. The third-order valence-electron chi connectivity index (χ3n) is 2.28. The van der Waals surface area contributed by atoms with E-state index in [2.05, 4.69) is 23.5 Å². The minimum Gasteiger partial charge on any atom is -0.266 e. The maximum atomic E-state index is 8.59. The molecule has 8 heteroatoms. The maximum Gasteiger partial charge on any atom is 0.112 e. The number of hydrogen-bond donors (Lipinski definition) is 4. The lowest BCUT2D eigenvalue weighted by Crippen LogP contribution is -2.37. The van der Waals surface area contributed by atoms with Crippen molar-refractivity contribution in [2.45, 2.75) is 52.2 Å². The summed E-state index contributed by atoms with van der Waals surface area (Å²) in [5.41, 5.74) is 0. The van der Waals surface area contributed by atoms with Gasteiger partial charge in [0.15, 0.2) is 0 Å². The number of nitrogens with zero attached hydrogens (tertiary/aromatic N) is 2. The summed E-state index contributed by atoms with van der Waals surface area (Å²) in [4.78, 5) is 9.21. The molecule has 0 saturated carbocycles. The topological polar surface area (TPSA) is 106 Å². The average Bonchev–Trinajstić information content (AvgIpc) is 2.13. The standard InChI is InChI=1S/C9H22N2O6/c1-7(2)5-4-6-9(17-11(14)15)8(3)16-10(12)13/h7-9,12-15H,4-6H2,1-3H3/t8-,9-/m0/s1. The third kappa shape index (κ3) is 9.39. The van der Waals surface area contributed by atoms with Gasteiger partial charge < -0.3 is 0 Å². The molecule has 0 aromatic rings. The zero-order chi connectivity index (χ0) is 13.4. The van der Waals surface area contributed by atoms with Crippen molar-refractivity contribution in [3.63, 3.8) is 0 Å². The Morgan fingerprint density at radius 1 is 0.882 bits per heavy atom. The van der Waals surface area contributed by atoms with Crippen LogP contribution >= 0.6 is 0 Å². The molecular formula is C9H22N2O6. The minimum absolute atomic E-state index is 0.404. The first-order chi connectivity index (χ1) is 7.82. The predicted octanol–water partition coefficient (Wildman–Crippen LogP) is 1.59. The molecule has 104 valence electrons. The van der Waals surface area contributed by atoms with Gasteiger partial charge in [-0.2, -0.15) is 0 Å². The molecule has 0 fully saturated rings. The first-order valence-corrected chi connectivity index (χ1v) is 5.52. The Morgan fingerprint density at radius 2 is 1.41 bits per heavy atom. The molecule has 0 aliphatic heterocycles. The van der Waals surface area contributed by atoms with Gasteiger partial charge in [0.05, 0.1) is 10.8 Å². The SMILES string of the molecule is CC(C)CCC[C@H](ON(O)O)[C@H](C)ON(O)O. The molecule has 0 saturated heterocycles. The molecule has 0 radical (unpaired) electrons. The predicted molar refractivity (Wildman–Crippen MR) is 54.9 cm³/mol. The molecule has 0 aromatic carbocycles. The van der Waals surface area contributed by atoms with Gasteiger partial charge in [0.2, 0.25) is 0 Å². The van der Waals surface area contributed by atoms with Gasteiger partial charge in [-0.05, 0) is 19.3 Å². The van der Waals surface area contributed by atoms with Crippen LogP contribution in [0.1, 0.15) is 40.0 Å². The van der Waals surface area contributed by atoms with Gasteiger partial charge in [0, 0.05) is 0 Å². The summed E-state index contributed by atoms with van der Waals surface area (Å²) >= 11 is 0. The van der Waals surface area contributed by atoms with Crippen molar-refractivity contribution >= 4 is 0 Å². The molecule has 0 spiro atoms. The van der Waals surface area contributed by atoms with Gasteiger partial charge in [-0.3, -0.25) is 20.8 Å². The van der Waals surface area contributed by atoms with Gasteiger partial charge in [0.1, 0.15) is 12.2 Å². The summed E-state index contributed by atoms with van der Waals surface area (Å²) < 4.78 is 0. The summed E-state index contributed by atoms with van der Waals surface area (Å²) in [5.74, 6) is 0.526. The quantitative estimate of drug-likeness (QED) is 0.460. The van der Waals surface area contributed by atoms with Crippen LogP contribution in [0.2, 0.25) is 0 Å². The molecule has 4 N–H and O–H groups in total. The van der Waals surface area contributed by atoms with Crippen LogP contribution in [0, 0.1) is 5.92 Å². The molecule has 8 nitrogen and oxygen atoms in total. The molecule has 17 heavy (non-hydrogen) atoms. The summed E-state index contributed by atoms with van der Waals surface area (Å²) in [6, 6.07) is 0. The summed E-state index contributed by atoms with van der Waals surface area (Å²) in [7, 11) is 0. The lowest BCUT2D eigenvalue weighted by molar-refractivity contribution is -0.537. The van der Waals surface area contributed by atoms with Gasteiger partial charge in [-0.1, -0.05) is 26.7 Å². The molecule has 2 atom stereocenters. The van der Waals surface area contributed by atoms with Crippen molar-refractivity contribution in [3.8, 4) is 0 Å². The summed E-state index contributed by atoms with van der Waals surface area (Å²) in [6.45, 7) is 5.66. The van der Waals surface area contributed by atoms with Crippen LogP contribution in [0.3, 0.4) is 0 Å². The highest BCUT2D eigenvalue weighted by Gasteiger charge is 2.23. The van der Waals surface area contributed by atoms with E-state index in [0.717, 1.165) is 12.8 Å². The Morgan fingerprint density at radius 3 is 1.82 bits per heavy atom. The zero-order valence-electron chi connectivity index (χ0n) is 10.4. The fourth-order valence-electron chi connectivity index (χ4n) is 1.44. The van der Waals surface area contributed by atoms with Crippen LogP contribution in [-0.2, 0) is 9.68 Å². The van der Waals surface area contributed by atoms with E-state index in [1.807, 2.05) is 0 Å². The van der Waals surface area contributed by atoms with Crippen molar-refractivity contribution in [1.82, 2.24) is 10.8 Å². The van der Waals surface area contributed by atoms with Crippen molar-refractivity contribution in [3.05, 3.63) is 0 Å². The van der Waals surface area contributed by atoms with E-state index >= 15 is 0 Å². The monoisotopic (exact) mass is 254 g/mol. The Labute approximate surface area is 100 Å². The van der Waals surface area contributed by atoms with Crippen LogP contribution in [0.15, 0.2) is 0 Å². The van der Waals surface area contributed by atoms with E-state index in [9.17, 15) is 0 Å². The van der Waals surface area contributed by atoms with E-state index in [0.29, 0.717) is 12.3 Å². The van der Waals surface area contributed by atoms with Crippen LogP contribution < -0.4 is 0 Å². The second-order valence-corrected chi connectivity index (χ2v) is 4.28. The van der Waals surface area contributed by atoms with Crippen molar-refractivity contribution in [2.75, 3.05) is 0 Å². The van der Waals surface area contributed by atoms with Gasteiger partial charge in [0.25, 0.3) is 0 Å². The molecule has 0 heterocycles. The molecular weight excluding hydrogens is 232 g/mol. The zero-order valence-corrected chi connectivity index (χ0v) is 10.4. The second kappa shape index (κ2) is 8.72. The van der Waals surface area contributed by atoms with E-state index in [-0.39, 0.29) is 0 Å². The largest absolute Gasteiger partial charge is 0.266 e. The number of rotatable bonds is 9. The molecule has 0 amide bonds. The molecule has 0 aliphatic rings. The minimum atomic E-state index is -0.751. The van der Waals surface area contributed by atoms with Crippen LogP contribution in [0.5, 0.6) is 0 Å². The first-order valence-electron chi connectivity index (χ1n) is 5.52. The molecule has 0 aliphatic carbocycles. The van der Waals surface area contributed by atoms with Crippen LogP contribution in [0.25, 0.3) is 0 Å². The highest BCUT2D eigenvalue weighted by Crippen LogP contribution is 2.15. The van der Waals surface area contributed by atoms with E-state index < -0.39 is 23.0 Å². The van der Waals surface area contributed by atoms with Crippen molar-refractivity contribution in [2.24, 2.45) is 5.92 Å². The van der Waals surface area contributed by atoms with Gasteiger partial charge in [-0.15, -0.1) is 0 Å². The highest BCUT2D eigenvalue weighted by molar-refractivity contribution is 4.65. The van der Waals surface area contributed by atoms with E-state index in [1.165, 1.54) is 6.92 Å². The molecule has 0 rings (SSSR count). The lowest BCUT2D eigenvalue weighted by Gasteiger charge is -2.25. The first kappa shape index (κ1) is 16.7. The van der Waals surface area contributed by atoms with Crippen molar-refractivity contribution in [1.29, 1.82) is 0 Å². The maximum absolute atomic E-state index is 8.59. The Bertz CT molecular complexity index is 190. The summed E-state index contributed by atoms with van der Waals surface area (Å²) in [5, 5.41) is 33.3. The fraction of sp³-hybridized carbons (Fsp3) is 1.00. The smallest absolute Gasteiger partial charge is 0.112 e.